The molecule has 8 nitrogen and oxygen atoms in total. The third-order valence-corrected chi connectivity index (χ3v) is 8.42. The van der Waals surface area contributed by atoms with E-state index in [1.807, 2.05) is 24.3 Å². The van der Waals surface area contributed by atoms with Gasteiger partial charge in [0.25, 0.3) is 0 Å². The van der Waals surface area contributed by atoms with Crippen molar-refractivity contribution in [1.82, 2.24) is 20.2 Å². The number of morpholine rings is 1. The maximum atomic E-state index is 12.6. The van der Waals surface area contributed by atoms with Crippen LogP contribution < -0.4 is 4.90 Å². The standard InChI is InChI=1S/C25H27N5O3S/c1-16(2)34(31,32)19-6-4-18(5-7-19)21-14-23(30-12-13-33-15-17(30)3)28-24-20(21)8-10-26-25(24)22-9-11-27-29-22/h4-11,14,16-17H,12-13,15H2,1-3H3,(H,27,29)/t17-/m1/s1. The van der Waals surface area contributed by atoms with E-state index in [-0.39, 0.29) is 6.04 Å². The lowest BCUT2D eigenvalue weighted by atomic mass is 10.00. The predicted octanol–water partition coefficient (Wildman–Crippen LogP) is 4.09. The average molecular weight is 478 g/mol. The van der Waals surface area contributed by atoms with Crippen molar-refractivity contribution in [3.05, 3.63) is 54.9 Å². The lowest BCUT2D eigenvalue weighted by molar-refractivity contribution is 0.0986. The van der Waals surface area contributed by atoms with Crippen LogP contribution in [0, 0.1) is 0 Å². The van der Waals surface area contributed by atoms with Gasteiger partial charge in [-0.1, -0.05) is 12.1 Å². The Morgan fingerprint density at radius 3 is 2.59 bits per heavy atom. The number of ether oxygens (including phenoxy) is 1. The van der Waals surface area contributed by atoms with E-state index >= 15 is 0 Å². The quantitative estimate of drug-likeness (QED) is 0.462. The molecule has 5 rings (SSSR count). The summed E-state index contributed by atoms with van der Waals surface area (Å²) in [4.78, 5) is 12.2. The molecule has 1 saturated heterocycles. The van der Waals surface area contributed by atoms with Crippen molar-refractivity contribution in [2.24, 2.45) is 0 Å². The monoisotopic (exact) mass is 477 g/mol. The number of hydrogen-bond acceptors (Lipinski definition) is 7. The van der Waals surface area contributed by atoms with Gasteiger partial charge in [-0.15, -0.1) is 0 Å². The number of nitrogens with zero attached hydrogens (tertiary/aromatic N) is 4. The fourth-order valence-corrected chi connectivity index (χ4v) is 5.33. The molecule has 1 aromatic carbocycles. The lowest BCUT2D eigenvalue weighted by Crippen LogP contribution is -2.44. The summed E-state index contributed by atoms with van der Waals surface area (Å²) in [7, 11) is -3.34. The van der Waals surface area contributed by atoms with Crippen LogP contribution in [0.4, 0.5) is 5.82 Å². The number of rotatable bonds is 5. The van der Waals surface area contributed by atoms with E-state index in [1.54, 1.807) is 38.4 Å². The SMILES string of the molecule is CC(C)S(=O)(=O)c1ccc(-c2cc(N3CCOC[C@H]3C)nc3c(-c4ccn[nH]4)nccc23)cc1. The van der Waals surface area contributed by atoms with Crippen molar-refractivity contribution in [3.63, 3.8) is 0 Å². The minimum absolute atomic E-state index is 0.178. The third kappa shape index (κ3) is 3.95. The second-order valence-electron chi connectivity index (χ2n) is 8.79. The molecule has 1 atom stereocenters. The van der Waals surface area contributed by atoms with Crippen molar-refractivity contribution in [2.75, 3.05) is 24.7 Å². The van der Waals surface area contributed by atoms with Crippen molar-refractivity contribution in [1.29, 1.82) is 0 Å². The normalized spacial score (nSPS) is 16.9. The maximum Gasteiger partial charge on any atom is 0.180 e. The second-order valence-corrected chi connectivity index (χ2v) is 11.3. The van der Waals surface area contributed by atoms with Gasteiger partial charge in [-0.05, 0) is 62.2 Å². The molecule has 3 aromatic heterocycles. The van der Waals surface area contributed by atoms with E-state index < -0.39 is 15.1 Å². The summed E-state index contributed by atoms with van der Waals surface area (Å²) in [5.41, 5.74) is 4.15. The molecule has 1 aliphatic rings. The molecular formula is C25H27N5O3S. The molecule has 0 radical (unpaired) electrons. The number of H-pyrrole nitrogens is 1. The zero-order chi connectivity index (χ0) is 23.9. The average Bonchev–Trinajstić information content (AvgIpc) is 3.38. The lowest BCUT2D eigenvalue weighted by Gasteiger charge is -2.34. The molecule has 0 bridgehead atoms. The number of nitrogens with one attached hydrogen (secondary N) is 1. The van der Waals surface area contributed by atoms with E-state index in [0.717, 1.165) is 45.8 Å². The Balaban J connectivity index is 1.71. The second kappa shape index (κ2) is 8.81. The molecule has 0 unspecified atom stereocenters. The minimum atomic E-state index is -3.34. The number of anilines is 1. The van der Waals surface area contributed by atoms with E-state index in [0.29, 0.717) is 18.1 Å². The molecule has 0 amide bonds. The first-order valence-corrected chi connectivity index (χ1v) is 12.9. The van der Waals surface area contributed by atoms with E-state index in [9.17, 15) is 8.42 Å². The summed E-state index contributed by atoms with van der Waals surface area (Å²) < 4.78 is 30.9. The van der Waals surface area contributed by atoms with Gasteiger partial charge in [0, 0.05) is 24.3 Å². The molecule has 34 heavy (non-hydrogen) atoms. The van der Waals surface area contributed by atoms with Crippen LogP contribution in [0.3, 0.4) is 0 Å². The van der Waals surface area contributed by atoms with Crippen LogP contribution in [-0.4, -0.2) is 59.6 Å². The van der Waals surface area contributed by atoms with Crippen LogP contribution in [0.15, 0.2) is 59.8 Å². The highest BCUT2D eigenvalue weighted by atomic mass is 32.2. The van der Waals surface area contributed by atoms with Crippen LogP contribution in [0.5, 0.6) is 0 Å². The Labute approximate surface area is 198 Å². The molecule has 0 spiro atoms. The first-order chi connectivity index (χ1) is 16.4. The molecular weight excluding hydrogens is 450 g/mol. The molecule has 4 aromatic rings. The number of pyridine rings is 2. The summed E-state index contributed by atoms with van der Waals surface area (Å²) in [6.45, 7) is 7.53. The van der Waals surface area contributed by atoms with Crippen LogP contribution >= 0.6 is 0 Å². The van der Waals surface area contributed by atoms with Gasteiger partial charge in [-0.3, -0.25) is 10.1 Å². The fourth-order valence-electron chi connectivity index (χ4n) is 4.27. The van der Waals surface area contributed by atoms with Crippen molar-refractivity contribution in [2.45, 2.75) is 37.0 Å². The minimum Gasteiger partial charge on any atom is -0.377 e. The van der Waals surface area contributed by atoms with E-state index in [4.69, 9.17) is 9.72 Å². The fraction of sp³-hybridized carbons (Fsp3) is 0.320. The van der Waals surface area contributed by atoms with Crippen molar-refractivity contribution < 1.29 is 13.2 Å². The predicted molar refractivity (Wildman–Crippen MR) is 133 cm³/mol. The Hall–Kier alpha value is -3.30. The van der Waals surface area contributed by atoms with Crippen LogP contribution in [0.1, 0.15) is 20.8 Å². The highest BCUT2D eigenvalue weighted by molar-refractivity contribution is 7.92. The molecule has 1 aliphatic heterocycles. The highest BCUT2D eigenvalue weighted by Crippen LogP contribution is 2.36. The molecule has 1 N–H and O–H groups in total. The highest BCUT2D eigenvalue weighted by Gasteiger charge is 2.24. The summed E-state index contributed by atoms with van der Waals surface area (Å²) in [5.74, 6) is 0.839. The first-order valence-electron chi connectivity index (χ1n) is 11.3. The molecule has 0 saturated carbocycles. The summed E-state index contributed by atoms with van der Waals surface area (Å²) >= 11 is 0. The van der Waals surface area contributed by atoms with Crippen LogP contribution in [0.25, 0.3) is 33.4 Å². The van der Waals surface area contributed by atoms with Gasteiger partial charge in [0.2, 0.25) is 0 Å². The van der Waals surface area contributed by atoms with Gasteiger partial charge < -0.3 is 9.64 Å². The number of fused-ring (bicyclic) bond motifs is 1. The largest absolute Gasteiger partial charge is 0.377 e. The first kappa shape index (κ1) is 22.5. The molecule has 4 heterocycles. The van der Waals surface area contributed by atoms with Gasteiger partial charge in [0.05, 0.1) is 35.1 Å². The Bertz CT molecular complexity index is 1420. The molecule has 9 heteroatoms. The summed E-state index contributed by atoms with van der Waals surface area (Å²) in [6.07, 6.45) is 3.46. The van der Waals surface area contributed by atoms with Crippen LogP contribution in [-0.2, 0) is 14.6 Å². The molecule has 1 fully saturated rings. The van der Waals surface area contributed by atoms with Gasteiger partial charge in [-0.2, -0.15) is 5.10 Å². The van der Waals surface area contributed by atoms with Crippen molar-refractivity contribution in [3.8, 4) is 22.5 Å². The zero-order valence-corrected chi connectivity index (χ0v) is 20.2. The summed E-state index contributed by atoms with van der Waals surface area (Å²) in [5, 5.41) is 7.53. The topological polar surface area (TPSA) is 101 Å². The number of aromatic amines is 1. The Morgan fingerprint density at radius 1 is 1.12 bits per heavy atom. The molecule has 176 valence electrons. The van der Waals surface area contributed by atoms with Crippen LogP contribution in [0.2, 0.25) is 0 Å². The van der Waals surface area contributed by atoms with Gasteiger partial charge in [0.1, 0.15) is 17.0 Å². The van der Waals surface area contributed by atoms with E-state index in [2.05, 4.69) is 33.1 Å². The number of aromatic nitrogens is 4. The van der Waals surface area contributed by atoms with Crippen molar-refractivity contribution >= 4 is 26.6 Å². The Kier molecular flexibility index (Phi) is 5.83. The van der Waals surface area contributed by atoms with Gasteiger partial charge in [0.15, 0.2) is 9.84 Å². The summed E-state index contributed by atoms with van der Waals surface area (Å²) in [6, 6.07) is 13.2. The molecule has 0 aliphatic carbocycles. The number of sulfone groups is 1. The van der Waals surface area contributed by atoms with E-state index in [1.165, 1.54) is 0 Å². The Morgan fingerprint density at radius 2 is 1.91 bits per heavy atom. The third-order valence-electron chi connectivity index (χ3n) is 6.25. The number of hydrogen-bond donors (Lipinski definition) is 1. The maximum absolute atomic E-state index is 12.6. The number of benzene rings is 1. The zero-order valence-electron chi connectivity index (χ0n) is 19.4. The van der Waals surface area contributed by atoms with Gasteiger partial charge >= 0.3 is 0 Å². The van der Waals surface area contributed by atoms with Gasteiger partial charge in [-0.25, -0.2) is 13.4 Å². The smallest absolute Gasteiger partial charge is 0.180 e.